The Kier molecular flexibility index (Phi) is 3.81. The number of benzene rings is 1. The first-order chi connectivity index (χ1) is 9.62. The summed E-state index contributed by atoms with van der Waals surface area (Å²) in [5, 5.41) is 0. The van der Waals surface area contributed by atoms with E-state index in [0.717, 1.165) is 25.9 Å². The van der Waals surface area contributed by atoms with E-state index in [2.05, 4.69) is 15.2 Å². The third-order valence-corrected chi connectivity index (χ3v) is 5.79. The molecule has 2 N–H and O–H groups in total. The average molecular weight is 295 g/mol. The Morgan fingerprint density at radius 1 is 1.10 bits per heavy atom. The van der Waals surface area contributed by atoms with Crippen LogP contribution in [0.15, 0.2) is 35.2 Å². The lowest BCUT2D eigenvalue weighted by atomic mass is 9.94. The molecule has 0 spiro atoms. The summed E-state index contributed by atoms with van der Waals surface area (Å²) in [4.78, 5) is 5.29. The molecular formula is C14H21N3O2S. The van der Waals surface area contributed by atoms with Gasteiger partial charge in [-0.1, -0.05) is 18.2 Å². The van der Waals surface area contributed by atoms with E-state index in [1.807, 2.05) is 0 Å². The maximum atomic E-state index is 12.1. The maximum Gasteiger partial charge on any atom is 0.253 e. The molecule has 2 aliphatic heterocycles. The molecular weight excluding hydrogens is 274 g/mol. The number of fused-ring (bicyclic) bond motifs is 1. The van der Waals surface area contributed by atoms with Gasteiger partial charge < -0.3 is 0 Å². The van der Waals surface area contributed by atoms with E-state index < -0.39 is 10.0 Å². The van der Waals surface area contributed by atoms with Gasteiger partial charge in [-0.05, 0) is 50.9 Å². The van der Waals surface area contributed by atoms with Crippen molar-refractivity contribution in [2.24, 2.45) is 0 Å². The highest BCUT2D eigenvalue weighted by molar-refractivity contribution is 7.89. The molecule has 2 saturated heterocycles. The summed E-state index contributed by atoms with van der Waals surface area (Å²) in [6.07, 6.45) is 4.75. The van der Waals surface area contributed by atoms with Crippen LogP contribution in [0.3, 0.4) is 0 Å². The van der Waals surface area contributed by atoms with Crippen LogP contribution in [-0.4, -0.2) is 38.5 Å². The second kappa shape index (κ2) is 5.44. The standard InChI is InChI=1S/C14H21N3O2S/c18-20(19,13-6-2-1-3-7-13)16-15-12-14-8-4-10-17(14)11-5-9-14/h1-3,6-7,15-16H,4-5,8-12H2. The van der Waals surface area contributed by atoms with Crippen molar-refractivity contribution in [3.05, 3.63) is 30.3 Å². The molecule has 2 aliphatic rings. The van der Waals surface area contributed by atoms with Crippen LogP contribution in [0.25, 0.3) is 0 Å². The average Bonchev–Trinajstić information content (AvgIpc) is 2.99. The number of nitrogens with zero attached hydrogens (tertiary/aromatic N) is 1. The molecule has 0 unspecified atom stereocenters. The minimum atomic E-state index is -3.46. The molecule has 110 valence electrons. The number of hydrogen-bond donors (Lipinski definition) is 2. The first-order valence-electron chi connectivity index (χ1n) is 7.17. The first-order valence-corrected chi connectivity index (χ1v) is 8.66. The van der Waals surface area contributed by atoms with E-state index in [1.54, 1.807) is 30.3 Å². The molecule has 0 radical (unpaired) electrons. The highest BCUT2D eigenvalue weighted by Gasteiger charge is 2.43. The number of sulfonamides is 1. The lowest BCUT2D eigenvalue weighted by Gasteiger charge is -2.32. The van der Waals surface area contributed by atoms with Gasteiger partial charge in [0, 0.05) is 12.1 Å². The van der Waals surface area contributed by atoms with E-state index in [4.69, 9.17) is 0 Å². The van der Waals surface area contributed by atoms with Gasteiger partial charge in [-0.25, -0.2) is 13.8 Å². The molecule has 20 heavy (non-hydrogen) atoms. The van der Waals surface area contributed by atoms with Crippen LogP contribution in [0.1, 0.15) is 25.7 Å². The van der Waals surface area contributed by atoms with Crippen LogP contribution in [0.2, 0.25) is 0 Å². The topological polar surface area (TPSA) is 61.4 Å². The van der Waals surface area contributed by atoms with Crippen LogP contribution >= 0.6 is 0 Å². The molecule has 0 bridgehead atoms. The molecule has 5 nitrogen and oxygen atoms in total. The smallest absolute Gasteiger partial charge is 0.253 e. The van der Waals surface area contributed by atoms with E-state index in [1.165, 1.54) is 12.8 Å². The minimum Gasteiger partial charge on any atom is -0.296 e. The van der Waals surface area contributed by atoms with Crippen molar-refractivity contribution in [1.82, 2.24) is 15.2 Å². The van der Waals surface area contributed by atoms with Gasteiger partial charge in [0.2, 0.25) is 0 Å². The Morgan fingerprint density at radius 3 is 2.40 bits per heavy atom. The third kappa shape index (κ3) is 2.61. The van der Waals surface area contributed by atoms with Gasteiger partial charge in [0.25, 0.3) is 10.0 Å². The Labute approximate surface area is 120 Å². The SMILES string of the molecule is O=S(=O)(NNCC12CCCN1CCC2)c1ccccc1. The number of nitrogens with one attached hydrogen (secondary N) is 2. The van der Waals surface area contributed by atoms with Crippen LogP contribution < -0.4 is 10.3 Å². The van der Waals surface area contributed by atoms with Gasteiger partial charge in [0.1, 0.15) is 0 Å². The molecule has 1 aromatic carbocycles. The Bertz CT molecular complexity index is 549. The quantitative estimate of drug-likeness (QED) is 0.799. The second-order valence-electron chi connectivity index (χ2n) is 5.69. The van der Waals surface area contributed by atoms with E-state index >= 15 is 0 Å². The van der Waals surface area contributed by atoms with Crippen molar-refractivity contribution in [2.75, 3.05) is 19.6 Å². The number of rotatable bonds is 5. The summed E-state index contributed by atoms with van der Waals surface area (Å²) in [7, 11) is -3.46. The summed E-state index contributed by atoms with van der Waals surface area (Å²) in [6, 6.07) is 8.45. The third-order valence-electron chi connectivity index (χ3n) is 4.49. The predicted octanol–water partition coefficient (Wildman–Crippen LogP) is 1.10. The van der Waals surface area contributed by atoms with Crippen LogP contribution in [0.4, 0.5) is 0 Å². The first kappa shape index (κ1) is 14.0. The summed E-state index contributed by atoms with van der Waals surface area (Å²) >= 11 is 0. The van der Waals surface area contributed by atoms with Gasteiger partial charge in [0.05, 0.1) is 4.90 Å². The van der Waals surface area contributed by atoms with Crippen LogP contribution in [-0.2, 0) is 10.0 Å². The van der Waals surface area contributed by atoms with Crippen molar-refractivity contribution in [2.45, 2.75) is 36.1 Å². The molecule has 0 aromatic heterocycles. The van der Waals surface area contributed by atoms with E-state index in [0.29, 0.717) is 11.4 Å². The summed E-state index contributed by atoms with van der Waals surface area (Å²) in [5.41, 5.74) is 3.11. The second-order valence-corrected chi connectivity index (χ2v) is 7.37. The van der Waals surface area contributed by atoms with Gasteiger partial charge in [-0.2, -0.15) is 0 Å². The molecule has 0 atom stereocenters. The molecule has 0 aliphatic carbocycles. The zero-order valence-corrected chi connectivity index (χ0v) is 12.3. The Morgan fingerprint density at radius 2 is 1.75 bits per heavy atom. The zero-order chi connectivity index (χ0) is 14.1. The fourth-order valence-corrected chi connectivity index (χ4v) is 4.36. The summed E-state index contributed by atoms with van der Waals surface area (Å²) in [6.45, 7) is 2.97. The molecule has 6 heteroatoms. The van der Waals surface area contributed by atoms with Crippen LogP contribution in [0.5, 0.6) is 0 Å². The normalized spacial score (nSPS) is 22.0. The number of hydrogen-bond acceptors (Lipinski definition) is 4. The lowest BCUT2D eigenvalue weighted by Crippen LogP contribution is -2.51. The fourth-order valence-electron chi connectivity index (χ4n) is 3.47. The van der Waals surface area contributed by atoms with Crippen LogP contribution in [0, 0.1) is 0 Å². The molecule has 0 saturated carbocycles. The monoisotopic (exact) mass is 295 g/mol. The fraction of sp³-hybridized carbons (Fsp3) is 0.571. The molecule has 2 fully saturated rings. The van der Waals surface area contributed by atoms with Crippen molar-refractivity contribution in [3.63, 3.8) is 0 Å². The molecule has 0 amide bonds. The van der Waals surface area contributed by atoms with E-state index in [-0.39, 0.29) is 5.54 Å². The van der Waals surface area contributed by atoms with Crippen molar-refractivity contribution >= 4 is 10.0 Å². The Hall–Kier alpha value is -0.950. The maximum absolute atomic E-state index is 12.1. The highest BCUT2D eigenvalue weighted by Crippen LogP contribution is 2.37. The number of hydrazine groups is 1. The highest BCUT2D eigenvalue weighted by atomic mass is 32.2. The zero-order valence-electron chi connectivity index (χ0n) is 11.5. The van der Waals surface area contributed by atoms with E-state index in [9.17, 15) is 8.42 Å². The summed E-state index contributed by atoms with van der Waals surface area (Å²) in [5.74, 6) is 0. The van der Waals surface area contributed by atoms with Gasteiger partial charge in [0.15, 0.2) is 0 Å². The summed E-state index contributed by atoms with van der Waals surface area (Å²) < 4.78 is 24.2. The van der Waals surface area contributed by atoms with Crippen molar-refractivity contribution in [1.29, 1.82) is 0 Å². The predicted molar refractivity (Wildman–Crippen MR) is 77.5 cm³/mol. The van der Waals surface area contributed by atoms with Gasteiger partial charge in [-0.15, -0.1) is 4.83 Å². The van der Waals surface area contributed by atoms with Crippen molar-refractivity contribution < 1.29 is 8.42 Å². The Balaban J connectivity index is 1.60. The molecule has 3 rings (SSSR count). The largest absolute Gasteiger partial charge is 0.296 e. The van der Waals surface area contributed by atoms with Crippen molar-refractivity contribution in [3.8, 4) is 0 Å². The van der Waals surface area contributed by atoms with Gasteiger partial charge >= 0.3 is 0 Å². The molecule has 1 aromatic rings. The molecule has 2 heterocycles. The minimum absolute atomic E-state index is 0.166. The van der Waals surface area contributed by atoms with Gasteiger partial charge in [-0.3, -0.25) is 4.90 Å². The lowest BCUT2D eigenvalue weighted by molar-refractivity contribution is 0.188.